The molecule has 0 aliphatic heterocycles. The van der Waals surface area contributed by atoms with E-state index in [1.165, 1.54) is 22.6 Å². The molecule has 0 spiro atoms. The zero-order chi connectivity index (χ0) is 8.97. The molecule has 0 fully saturated rings. The minimum absolute atomic E-state index is 0.869. The third kappa shape index (κ3) is 2.78. The van der Waals surface area contributed by atoms with Crippen LogP contribution in [0.15, 0.2) is 23.1 Å². The van der Waals surface area contributed by atoms with E-state index in [0.29, 0.717) is 0 Å². The van der Waals surface area contributed by atoms with Gasteiger partial charge in [-0.2, -0.15) is 0 Å². The van der Waals surface area contributed by atoms with Crippen LogP contribution in [0, 0.1) is 6.92 Å². The average Bonchev–Trinajstić information content (AvgIpc) is 1.99. The fraction of sp³-hybridized carbons (Fsp3) is 0.400. The van der Waals surface area contributed by atoms with Crippen LogP contribution in [0.25, 0.3) is 0 Å². The standard InChI is InChI=1S/C10H15NS/c1-3-4-12-10-6-8(2)5-9(11)7-10/h5-7H,3-4,11H2,1-2H3. The van der Waals surface area contributed by atoms with Gasteiger partial charge in [-0.25, -0.2) is 0 Å². The summed E-state index contributed by atoms with van der Waals surface area (Å²) in [5, 5.41) is 0. The maximum Gasteiger partial charge on any atom is 0.0327 e. The molecule has 0 unspecified atom stereocenters. The molecular weight excluding hydrogens is 166 g/mol. The van der Waals surface area contributed by atoms with Crippen molar-refractivity contribution in [2.45, 2.75) is 25.2 Å². The highest BCUT2D eigenvalue weighted by Crippen LogP contribution is 2.22. The van der Waals surface area contributed by atoms with Crippen molar-refractivity contribution < 1.29 is 0 Å². The summed E-state index contributed by atoms with van der Waals surface area (Å²) in [4.78, 5) is 1.29. The van der Waals surface area contributed by atoms with Crippen LogP contribution in [0.5, 0.6) is 0 Å². The van der Waals surface area contributed by atoms with Crippen molar-refractivity contribution in [2.75, 3.05) is 11.5 Å². The van der Waals surface area contributed by atoms with E-state index in [0.717, 1.165) is 5.69 Å². The lowest BCUT2D eigenvalue weighted by Gasteiger charge is -2.02. The highest BCUT2D eigenvalue weighted by molar-refractivity contribution is 7.99. The summed E-state index contributed by atoms with van der Waals surface area (Å²) < 4.78 is 0. The summed E-state index contributed by atoms with van der Waals surface area (Å²) in [7, 11) is 0. The van der Waals surface area contributed by atoms with Crippen molar-refractivity contribution in [3.05, 3.63) is 23.8 Å². The minimum atomic E-state index is 0.869. The second-order valence-electron chi connectivity index (χ2n) is 2.93. The van der Waals surface area contributed by atoms with Crippen molar-refractivity contribution in [3.8, 4) is 0 Å². The van der Waals surface area contributed by atoms with Crippen molar-refractivity contribution in [1.29, 1.82) is 0 Å². The van der Waals surface area contributed by atoms with Crippen LogP contribution in [-0.2, 0) is 0 Å². The van der Waals surface area contributed by atoms with Crippen molar-refractivity contribution in [2.24, 2.45) is 0 Å². The first-order valence-electron chi connectivity index (χ1n) is 4.22. The van der Waals surface area contributed by atoms with E-state index in [1.54, 1.807) is 0 Å². The van der Waals surface area contributed by atoms with Gasteiger partial charge in [0.2, 0.25) is 0 Å². The molecule has 1 nitrogen and oxygen atoms in total. The molecule has 12 heavy (non-hydrogen) atoms. The van der Waals surface area contributed by atoms with Crippen molar-refractivity contribution in [1.82, 2.24) is 0 Å². The first-order chi connectivity index (χ1) is 5.72. The van der Waals surface area contributed by atoms with Gasteiger partial charge in [-0.15, -0.1) is 11.8 Å². The van der Waals surface area contributed by atoms with Gasteiger partial charge < -0.3 is 5.73 Å². The molecule has 0 radical (unpaired) electrons. The number of thioether (sulfide) groups is 1. The fourth-order valence-electron chi connectivity index (χ4n) is 1.08. The van der Waals surface area contributed by atoms with E-state index < -0.39 is 0 Å². The van der Waals surface area contributed by atoms with Gasteiger partial charge in [0, 0.05) is 10.6 Å². The van der Waals surface area contributed by atoms with E-state index in [4.69, 9.17) is 5.73 Å². The first-order valence-corrected chi connectivity index (χ1v) is 5.21. The van der Waals surface area contributed by atoms with Gasteiger partial charge in [-0.1, -0.05) is 6.92 Å². The number of rotatable bonds is 3. The average molecular weight is 181 g/mol. The summed E-state index contributed by atoms with van der Waals surface area (Å²) in [6.45, 7) is 4.26. The lowest BCUT2D eigenvalue weighted by molar-refractivity contribution is 1.10. The van der Waals surface area contributed by atoms with Crippen LogP contribution in [0.3, 0.4) is 0 Å². The molecule has 0 heterocycles. The van der Waals surface area contributed by atoms with E-state index in [2.05, 4.69) is 19.9 Å². The molecule has 2 heteroatoms. The molecular formula is C10H15NS. The Morgan fingerprint density at radius 1 is 1.33 bits per heavy atom. The number of nitrogen functional groups attached to an aromatic ring is 1. The Hall–Kier alpha value is -0.630. The molecule has 0 amide bonds. The van der Waals surface area contributed by atoms with Crippen LogP contribution in [0.4, 0.5) is 5.69 Å². The molecule has 0 saturated carbocycles. The summed E-state index contributed by atoms with van der Waals surface area (Å²) in [5.74, 6) is 1.17. The van der Waals surface area contributed by atoms with Crippen molar-refractivity contribution >= 4 is 17.4 Å². The van der Waals surface area contributed by atoms with Gasteiger partial charge in [-0.3, -0.25) is 0 Å². The highest BCUT2D eigenvalue weighted by atomic mass is 32.2. The number of benzene rings is 1. The number of hydrogen-bond acceptors (Lipinski definition) is 2. The third-order valence-electron chi connectivity index (χ3n) is 1.55. The van der Waals surface area contributed by atoms with Gasteiger partial charge in [-0.05, 0) is 42.9 Å². The highest BCUT2D eigenvalue weighted by Gasteiger charge is 1.95. The predicted octanol–water partition coefficient (Wildman–Crippen LogP) is 3.08. The molecule has 66 valence electrons. The fourth-order valence-corrected chi connectivity index (χ4v) is 2.01. The SMILES string of the molecule is CCCSc1cc(C)cc(N)c1. The van der Waals surface area contributed by atoms with Gasteiger partial charge in [0.15, 0.2) is 0 Å². The molecule has 0 bridgehead atoms. The maximum absolute atomic E-state index is 5.72. The molecule has 2 N–H and O–H groups in total. The van der Waals surface area contributed by atoms with Crippen LogP contribution in [0.2, 0.25) is 0 Å². The normalized spacial score (nSPS) is 10.2. The second-order valence-corrected chi connectivity index (χ2v) is 4.10. The summed E-state index contributed by atoms with van der Waals surface area (Å²) in [6.07, 6.45) is 1.21. The lowest BCUT2D eigenvalue weighted by Crippen LogP contribution is -1.87. The van der Waals surface area contributed by atoms with Gasteiger partial charge in [0.1, 0.15) is 0 Å². The smallest absolute Gasteiger partial charge is 0.0327 e. The van der Waals surface area contributed by atoms with E-state index in [-0.39, 0.29) is 0 Å². The lowest BCUT2D eigenvalue weighted by atomic mass is 10.2. The molecule has 1 aromatic rings. The Bertz CT molecular complexity index is 238. The van der Waals surface area contributed by atoms with E-state index in [9.17, 15) is 0 Å². The third-order valence-corrected chi connectivity index (χ3v) is 2.73. The monoisotopic (exact) mass is 181 g/mol. The van der Waals surface area contributed by atoms with Gasteiger partial charge in [0.25, 0.3) is 0 Å². The van der Waals surface area contributed by atoms with E-state index >= 15 is 0 Å². The predicted molar refractivity (Wildman–Crippen MR) is 56.6 cm³/mol. The van der Waals surface area contributed by atoms with Crippen molar-refractivity contribution in [3.63, 3.8) is 0 Å². The quantitative estimate of drug-likeness (QED) is 0.573. The maximum atomic E-state index is 5.72. The molecule has 0 aliphatic carbocycles. The number of nitrogens with two attached hydrogens (primary N) is 1. The summed E-state index contributed by atoms with van der Waals surface area (Å²) in [6, 6.07) is 6.21. The van der Waals surface area contributed by atoms with E-state index in [1.807, 2.05) is 23.9 Å². The van der Waals surface area contributed by atoms with Crippen LogP contribution in [-0.4, -0.2) is 5.75 Å². The van der Waals surface area contributed by atoms with Gasteiger partial charge >= 0.3 is 0 Å². The van der Waals surface area contributed by atoms with Crippen LogP contribution in [0.1, 0.15) is 18.9 Å². The number of anilines is 1. The Labute approximate surface area is 78.4 Å². The minimum Gasteiger partial charge on any atom is -0.399 e. The molecule has 0 aromatic heterocycles. The topological polar surface area (TPSA) is 26.0 Å². The van der Waals surface area contributed by atoms with Crippen LogP contribution >= 0.6 is 11.8 Å². The second kappa shape index (κ2) is 4.41. The number of aryl methyl sites for hydroxylation is 1. The molecule has 0 aliphatic rings. The Morgan fingerprint density at radius 2 is 2.08 bits per heavy atom. The van der Waals surface area contributed by atoms with Gasteiger partial charge in [0.05, 0.1) is 0 Å². The molecule has 1 rings (SSSR count). The molecule has 0 saturated heterocycles. The molecule has 1 aromatic carbocycles. The first kappa shape index (κ1) is 9.46. The zero-order valence-electron chi connectivity index (χ0n) is 7.63. The largest absolute Gasteiger partial charge is 0.399 e. The summed E-state index contributed by atoms with van der Waals surface area (Å²) >= 11 is 1.87. The Kier molecular flexibility index (Phi) is 3.48. The zero-order valence-corrected chi connectivity index (χ0v) is 8.45. The summed E-state index contributed by atoms with van der Waals surface area (Å²) in [5.41, 5.74) is 7.83. The molecule has 0 atom stereocenters. The van der Waals surface area contributed by atoms with Crippen LogP contribution < -0.4 is 5.73 Å². The number of hydrogen-bond donors (Lipinski definition) is 1. The Morgan fingerprint density at radius 3 is 2.67 bits per heavy atom. The Balaban J connectivity index is 2.72.